The molecule has 0 atom stereocenters. The van der Waals surface area contributed by atoms with Crippen LogP contribution in [-0.2, 0) is 6.61 Å². The Morgan fingerprint density at radius 3 is 2.20 bits per heavy atom. The van der Waals surface area contributed by atoms with Crippen molar-refractivity contribution in [2.24, 2.45) is 0 Å². The van der Waals surface area contributed by atoms with Crippen LogP contribution in [0.2, 0.25) is 0 Å². The lowest BCUT2D eigenvalue weighted by molar-refractivity contribution is 0.298. The van der Waals surface area contributed by atoms with E-state index in [-0.39, 0.29) is 0 Å². The molecule has 25 heavy (non-hydrogen) atoms. The zero-order valence-corrected chi connectivity index (χ0v) is 14.2. The summed E-state index contributed by atoms with van der Waals surface area (Å²) >= 11 is 0. The molecule has 130 valence electrons. The highest BCUT2D eigenvalue weighted by Crippen LogP contribution is 2.38. The maximum atomic E-state index is 11.3. The summed E-state index contributed by atoms with van der Waals surface area (Å²) in [5.41, 5.74) is 0.938. The normalized spacial score (nSPS) is 10.5. The average Bonchev–Trinajstić information content (AvgIpc) is 2.64. The molecule has 0 bridgehead atoms. The molecule has 0 unspecified atom stereocenters. The molecule has 0 aliphatic heterocycles. The predicted octanol–water partition coefficient (Wildman–Crippen LogP) is 3.40. The van der Waals surface area contributed by atoms with Gasteiger partial charge >= 0.3 is 5.63 Å². The summed E-state index contributed by atoms with van der Waals surface area (Å²) in [5.74, 6) is 2.24. The lowest BCUT2D eigenvalue weighted by Gasteiger charge is -2.14. The van der Waals surface area contributed by atoms with Gasteiger partial charge in [0.2, 0.25) is 5.75 Å². The second-order valence-corrected chi connectivity index (χ2v) is 5.28. The number of rotatable bonds is 6. The number of ether oxygens (including phenoxy) is 4. The van der Waals surface area contributed by atoms with Crippen LogP contribution < -0.4 is 24.6 Å². The lowest BCUT2D eigenvalue weighted by Crippen LogP contribution is -2.00. The Kier molecular flexibility index (Phi) is 4.79. The summed E-state index contributed by atoms with van der Waals surface area (Å²) in [6.07, 6.45) is 0. The van der Waals surface area contributed by atoms with Gasteiger partial charge in [-0.15, -0.1) is 0 Å². The molecule has 6 nitrogen and oxygen atoms in total. The molecular weight excluding hydrogens is 324 g/mol. The van der Waals surface area contributed by atoms with E-state index in [0.29, 0.717) is 35.2 Å². The molecule has 0 saturated heterocycles. The molecular formula is C19H18O6. The topological polar surface area (TPSA) is 67.1 Å². The third-order valence-electron chi connectivity index (χ3n) is 3.72. The number of hydrogen-bond acceptors (Lipinski definition) is 6. The van der Waals surface area contributed by atoms with Gasteiger partial charge in [0.15, 0.2) is 11.5 Å². The standard InChI is InChI=1S/C19H18O6/c1-21-16-8-12(9-17(22-2)19(16)23-3)11-24-14-6-4-13-5-7-18(20)25-15(13)10-14/h4-10H,11H2,1-3H3. The fraction of sp³-hybridized carbons (Fsp3) is 0.211. The van der Waals surface area contributed by atoms with Crippen LogP contribution >= 0.6 is 0 Å². The summed E-state index contributed by atoms with van der Waals surface area (Å²) < 4.78 is 26.9. The van der Waals surface area contributed by atoms with E-state index in [1.165, 1.54) is 6.07 Å². The van der Waals surface area contributed by atoms with Crippen molar-refractivity contribution in [3.8, 4) is 23.0 Å². The van der Waals surface area contributed by atoms with E-state index in [1.54, 1.807) is 33.5 Å². The van der Waals surface area contributed by atoms with Crippen molar-refractivity contribution in [1.29, 1.82) is 0 Å². The van der Waals surface area contributed by atoms with Gasteiger partial charge in [-0.2, -0.15) is 0 Å². The van der Waals surface area contributed by atoms with Gasteiger partial charge in [0.25, 0.3) is 0 Å². The molecule has 6 heteroatoms. The predicted molar refractivity (Wildman–Crippen MR) is 92.9 cm³/mol. The maximum Gasteiger partial charge on any atom is 0.336 e. The molecule has 3 aromatic rings. The smallest absolute Gasteiger partial charge is 0.336 e. The molecule has 3 rings (SSSR count). The van der Waals surface area contributed by atoms with Crippen LogP contribution in [0.4, 0.5) is 0 Å². The first-order valence-corrected chi connectivity index (χ1v) is 7.60. The molecule has 0 N–H and O–H groups in total. The van der Waals surface area contributed by atoms with Crippen LogP contribution in [0.1, 0.15) is 5.56 Å². The fourth-order valence-electron chi connectivity index (χ4n) is 2.52. The van der Waals surface area contributed by atoms with E-state index in [9.17, 15) is 4.79 Å². The van der Waals surface area contributed by atoms with Crippen molar-refractivity contribution in [3.05, 3.63) is 58.4 Å². The van der Waals surface area contributed by atoms with Crippen molar-refractivity contribution >= 4 is 11.0 Å². The van der Waals surface area contributed by atoms with E-state index >= 15 is 0 Å². The average molecular weight is 342 g/mol. The van der Waals surface area contributed by atoms with Crippen molar-refractivity contribution in [2.75, 3.05) is 21.3 Å². The van der Waals surface area contributed by atoms with Gasteiger partial charge in [0.05, 0.1) is 21.3 Å². The second-order valence-electron chi connectivity index (χ2n) is 5.28. The third kappa shape index (κ3) is 3.52. The Hall–Kier alpha value is -3.15. The Morgan fingerprint density at radius 2 is 1.56 bits per heavy atom. The van der Waals surface area contributed by atoms with Crippen molar-refractivity contribution < 1.29 is 23.4 Å². The van der Waals surface area contributed by atoms with E-state index in [4.69, 9.17) is 23.4 Å². The first-order chi connectivity index (χ1) is 12.1. The van der Waals surface area contributed by atoms with E-state index in [1.807, 2.05) is 24.3 Å². The molecule has 1 heterocycles. The first-order valence-electron chi connectivity index (χ1n) is 7.60. The summed E-state index contributed by atoms with van der Waals surface area (Å²) in [6, 6.07) is 12.1. The highest BCUT2D eigenvalue weighted by Gasteiger charge is 2.13. The summed E-state index contributed by atoms with van der Waals surface area (Å²) in [6.45, 7) is 0.291. The Bertz CT molecular complexity index is 919. The zero-order chi connectivity index (χ0) is 17.8. The van der Waals surface area contributed by atoms with Crippen LogP contribution in [0.5, 0.6) is 23.0 Å². The highest BCUT2D eigenvalue weighted by molar-refractivity contribution is 5.77. The van der Waals surface area contributed by atoms with Gasteiger partial charge in [-0.1, -0.05) is 0 Å². The van der Waals surface area contributed by atoms with E-state index in [0.717, 1.165) is 10.9 Å². The fourth-order valence-corrected chi connectivity index (χ4v) is 2.52. The van der Waals surface area contributed by atoms with Crippen LogP contribution in [-0.4, -0.2) is 21.3 Å². The largest absolute Gasteiger partial charge is 0.493 e. The summed E-state index contributed by atoms with van der Waals surface area (Å²) in [4.78, 5) is 11.3. The minimum absolute atomic E-state index is 0.291. The van der Waals surface area contributed by atoms with Gasteiger partial charge < -0.3 is 23.4 Å². The van der Waals surface area contributed by atoms with Gasteiger partial charge in [0, 0.05) is 17.5 Å². The van der Waals surface area contributed by atoms with Crippen LogP contribution in [0.25, 0.3) is 11.0 Å². The Balaban J connectivity index is 1.84. The van der Waals surface area contributed by atoms with Crippen molar-refractivity contribution in [1.82, 2.24) is 0 Å². The quantitative estimate of drug-likeness (QED) is 0.640. The maximum absolute atomic E-state index is 11.3. The number of hydrogen-bond donors (Lipinski definition) is 0. The van der Waals surface area contributed by atoms with E-state index < -0.39 is 5.63 Å². The molecule has 0 amide bonds. The van der Waals surface area contributed by atoms with Gasteiger partial charge in [0.1, 0.15) is 17.9 Å². The molecule has 0 saturated carbocycles. The third-order valence-corrected chi connectivity index (χ3v) is 3.72. The summed E-state index contributed by atoms with van der Waals surface area (Å²) in [5, 5.41) is 0.833. The van der Waals surface area contributed by atoms with Crippen LogP contribution in [0, 0.1) is 0 Å². The van der Waals surface area contributed by atoms with Crippen molar-refractivity contribution in [3.63, 3.8) is 0 Å². The monoisotopic (exact) mass is 342 g/mol. The van der Waals surface area contributed by atoms with E-state index in [2.05, 4.69) is 0 Å². The molecule has 0 spiro atoms. The van der Waals surface area contributed by atoms with Gasteiger partial charge in [-0.05, 0) is 35.9 Å². The Labute approximate surface area is 144 Å². The number of fused-ring (bicyclic) bond motifs is 1. The first kappa shape index (κ1) is 16.7. The van der Waals surface area contributed by atoms with Crippen LogP contribution in [0.15, 0.2) is 51.7 Å². The molecule has 0 aliphatic rings. The number of benzene rings is 2. The minimum atomic E-state index is -0.394. The molecule has 0 radical (unpaired) electrons. The minimum Gasteiger partial charge on any atom is -0.493 e. The molecule has 1 aromatic heterocycles. The number of methoxy groups -OCH3 is 3. The lowest BCUT2D eigenvalue weighted by atomic mass is 10.2. The van der Waals surface area contributed by atoms with Gasteiger partial charge in [-0.3, -0.25) is 0 Å². The molecule has 0 fully saturated rings. The molecule has 0 aliphatic carbocycles. The van der Waals surface area contributed by atoms with Gasteiger partial charge in [-0.25, -0.2) is 4.79 Å². The molecule has 2 aromatic carbocycles. The zero-order valence-electron chi connectivity index (χ0n) is 14.2. The van der Waals surface area contributed by atoms with Crippen LogP contribution in [0.3, 0.4) is 0 Å². The Morgan fingerprint density at radius 1 is 0.880 bits per heavy atom. The second kappa shape index (κ2) is 7.17. The van der Waals surface area contributed by atoms with Crippen molar-refractivity contribution in [2.45, 2.75) is 6.61 Å². The highest BCUT2D eigenvalue weighted by atomic mass is 16.5. The summed E-state index contributed by atoms with van der Waals surface area (Å²) in [7, 11) is 4.68. The SMILES string of the molecule is COc1cc(COc2ccc3ccc(=O)oc3c2)cc(OC)c1OC.